The summed E-state index contributed by atoms with van der Waals surface area (Å²) in [6.45, 7) is 0.563. The van der Waals surface area contributed by atoms with Crippen LogP contribution in [0.25, 0.3) is 5.69 Å². The van der Waals surface area contributed by atoms with Gasteiger partial charge in [-0.1, -0.05) is 18.2 Å². The number of hydrogen-bond acceptors (Lipinski definition) is 7. The average Bonchev–Trinajstić information content (AvgIpc) is 3.11. The lowest BCUT2D eigenvalue weighted by Gasteiger charge is -2.28. The molecule has 11 heteroatoms. The Morgan fingerprint density at radius 2 is 2.06 bits per heavy atom. The monoisotopic (exact) mass is 451 g/mol. The number of anilines is 1. The Bertz CT molecular complexity index is 1280. The van der Waals surface area contributed by atoms with E-state index in [1.165, 1.54) is 4.68 Å². The first-order valence-electron chi connectivity index (χ1n) is 9.99. The van der Waals surface area contributed by atoms with Gasteiger partial charge in [0.2, 0.25) is 0 Å². The van der Waals surface area contributed by atoms with Crippen LogP contribution >= 0.6 is 0 Å². The number of allylic oxidation sites excluding steroid dienone is 2. The van der Waals surface area contributed by atoms with Crippen LogP contribution in [0.3, 0.4) is 0 Å². The molecule has 2 aromatic rings. The first-order chi connectivity index (χ1) is 15.4. The van der Waals surface area contributed by atoms with E-state index in [0.717, 1.165) is 5.69 Å². The third kappa shape index (κ3) is 4.26. The lowest BCUT2D eigenvalue weighted by Crippen LogP contribution is -2.42. The first-order valence-corrected chi connectivity index (χ1v) is 11.6. The number of para-hydroxylation sites is 1. The number of hydrogen-bond donors (Lipinski definition) is 2. The molecule has 0 bridgehead atoms. The number of carbonyl (C=O) groups is 1. The third-order valence-corrected chi connectivity index (χ3v) is 6.23. The number of carbonyl (C=O) groups excluding carboxylic acids is 1. The average molecular weight is 452 g/mol. The van der Waals surface area contributed by atoms with Crippen molar-refractivity contribution in [3.05, 3.63) is 65.5 Å². The number of nitrogens with two attached hydrogens (primary N) is 1. The minimum Gasteiger partial charge on any atom is -0.382 e. The molecular formula is C21H21N7O3S. The second-order valence-electron chi connectivity index (χ2n) is 7.24. The van der Waals surface area contributed by atoms with Crippen molar-refractivity contribution in [3.8, 4) is 11.8 Å². The van der Waals surface area contributed by atoms with Gasteiger partial charge in [0, 0.05) is 19.3 Å². The number of nitrogens with zero attached hydrogens (tertiary/aromatic N) is 5. The second-order valence-corrected chi connectivity index (χ2v) is 9.00. The molecule has 10 nitrogen and oxygen atoms in total. The van der Waals surface area contributed by atoms with Gasteiger partial charge in [-0.3, -0.25) is 4.79 Å². The number of sulfonamides is 1. The van der Waals surface area contributed by atoms with Gasteiger partial charge in [-0.2, -0.15) is 10.4 Å². The third-order valence-electron chi connectivity index (χ3n) is 5.08. The fraction of sp³-hybridized carbons (Fsp3) is 0.238. The molecule has 2 aliphatic rings. The van der Waals surface area contributed by atoms with E-state index in [2.05, 4.69) is 20.9 Å². The van der Waals surface area contributed by atoms with Crippen LogP contribution in [0.15, 0.2) is 58.7 Å². The molecule has 0 spiro atoms. The summed E-state index contributed by atoms with van der Waals surface area (Å²) in [5.74, 6) is -0.0913. The Labute approximate surface area is 185 Å². The normalized spacial score (nSPS) is 16.5. The highest BCUT2D eigenvalue weighted by atomic mass is 32.2. The Hall–Kier alpha value is -3.91. The molecule has 0 aliphatic carbocycles. The molecule has 0 unspecified atom stereocenters. The summed E-state index contributed by atoms with van der Waals surface area (Å²) in [7, 11) is -3.57. The molecule has 0 fully saturated rings. The SMILES string of the molecule is N#Cc1c(CCCNC(=O)C2=CC=CN3CCS(=O)(=O)N=C23)nn(-c2ccccc2)c1N. The van der Waals surface area contributed by atoms with Gasteiger partial charge in [-0.15, -0.1) is 4.40 Å². The molecule has 0 radical (unpaired) electrons. The van der Waals surface area contributed by atoms with Gasteiger partial charge < -0.3 is 16.0 Å². The fourth-order valence-electron chi connectivity index (χ4n) is 3.49. The number of benzene rings is 1. The maximum Gasteiger partial charge on any atom is 0.256 e. The van der Waals surface area contributed by atoms with E-state index >= 15 is 0 Å². The number of nitrogens with one attached hydrogen (secondary N) is 1. The number of nitrogen functional groups attached to an aromatic ring is 1. The summed E-state index contributed by atoms with van der Waals surface area (Å²) < 4.78 is 29.0. The Balaban J connectivity index is 1.40. The van der Waals surface area contributed by atoms with Crippen LogP contribution in [0.5, 0.6) is 0 Å². The standard InChI is InChI=1S/C21H21N7O3S/c22-14-17-18(25-28(19(17)23)15-6-2-1-3-7-15)9-4-10-24-21(29)16-8-5-11-27-12-13-32(30,31)26-20(16)27/h1-3,5-8,11H,4,9-10,12-13,23H2,(H,24,29). The molecule has 0 saturated heterocycles. The fourth-order valence-corrected chi connectivity index (χ4v) is 4.47. The molecule has 164 valence electrons. The van der Waals surface area contributed by atoms with Crippen LogP contribution in [-0.2, 0) is 21.2 Å². The quantitative estimate of drug-likeness (QED) is 0.620. The predicted molar refractivity (Wildman–Crippen MR) is 119 cm³/mol. The lowest BCUT2D eigenvalue weighted by molar-refractivity contribution is -0.117. The predicted octanol–water partition coefficient (Wildman–Crippen LogP) is 0.873. The number of nitriles is 1. The van der Waals surface area contributed by atoms with Gasteiger partial charge in [-0.25, -0.2) is 13.1 Å². The molecule has 32 heavy (non-hydrogen) atoms. The van der Waals surface area contributed by atoms with Gasteiger partial charge in [0.15, 0.2) is 5.84 Å². The topological polar surface area (TPSA) is 146 Å². The van der Waals surface area contributed by atoms with Crippen molar-refractivity contribution < 1.29 is 13.2 Å². The van der Waals surface area contributed by atoms with E-state index in [1.54, 1.807) is 23.3 Å². The number of amides is 1. The molecule has 0 atom stereocenters. The van der Waals surface area contributed by atoms with E-state index in [1.807, 2.05) is 30.3 Å². The van der Waals surface area contributed by atoms with Gasteiger partial charge in [0.05, 0.1) is 22.7 Å². The van der Waals surface area contributed by atoms with Crippen LogP contribution in [-0.4, -0.2) is 53.7 Å². The first kappa shape index (κ1) is 21.3. The van der Waals surface area contributed by atoms with E-state index in [-0.39, 0.29) is 29.5 Å². The van der Waals surface area contributed by atoms with E-state index < -0.39 is 15.9 Å². The molecule has 3 N–H and O–H groups in total. The molecule has 2 aliphatic heterocycles. The minimum atomic E-state index is -3.57. The van der Waals surface area contributed by atoms with Crippen molar-refractivity contribution in [2.24, 2.45) is 4.40 Å². The summed E-state index contributed by atoms with van der Waals surface area (Å²) in [4.78, 5) is 14.3. The highest BCUT2D eigenvalue weighted by Crippen LogP contribution is 2.21. The molecular weight excluding hydrogens is 430 g/mol. The van der Waals surface area contributed by atoms with Crippen LogP contribution in [0.2, 0.25) is 0 Å². The number of rotatable bonds is 6. The van der Waals surface area contributed by atoms with Gasteiger partial charge in [0.25, 0.3) is 15.9 Å². The number of fused-ring (bicyclic) bond motifs is 1. The maximum absolute atomic E-state index is 12.6. The highest BCUT2D eigenvalue weighted by Gasteiger charge is 2.29. The number of aromatic nitrogens is 2. The van der Waals surface area contributed by atoms with E-state index in [4.69, 9.17) is 5.73 Å². The largest absolute Gasteiger partial charge is 0.382 e. The molecule has 1 aromatic heterocycles. The smallest absolute Gasteiger partial charge is 0.256 e. The van der Waals surface area contributed by atoms with Crippen LogP contribution in [0.4, 0.5) is 5.82 Å². The Kier molecular flexibility index (Phi) is 5.79. The maximum atomic E-state index is 12.6. The molecule has 1 amide bonds. The summed E-state index contributed by atoms with van der Waals surface area (Å²) in [5.41, 5.74) is 7.93. The van der Waals surface area contributed by atoms with Crippen molar-refractivity contribution in [2.45, 2.75) is 12.8 Å². The molecule has 1 aromatic carbocycles. The number of aryl methyl sites for hydroxylation is 1. The van der Waals surface area contributed by atoms with Crippen LogP contribution in [0, 0.1) is 11.3 Å². The zero-order valence-corrected chi connectivity index (χ0v) is 17.9. The van der Waals surface area contributed by atoms with Crippen LogP contribution in [0.1, 0.15) is 17.7 Å². The van der Waals surface area contributed by atoms with Crippen molar-refractivity contribution in [1.29, 1.82) is 5.26 Å². The summed E-state index contributed by atoms with van der Waals surface area (Å²) >= 11 is 0. The lowest BCUT2D eigenvalue weighted by atomic mass is 10.1. The van der Waals surface area contributed by atoms with E-state index in [9.17, 15) is 18.5 Å². The highest BCUT2D eigenvalue weighted by molar-refractivity contribution is 7.90. The zero-order chi connectivity index (χ0) is 22.7. The minimum absolute atomic E-state index is 0.0876. The molecule has 0 saturated carbocycles. The summed E-state index contributed by atoms with van der Waals surface area (Å²) in [5, 5.41) is 16.7. The van der Waals surface area contributed by atoms with Crippen molar-refractivity contribution in [1.82, 2.24) is 20.0 Å². The van der Waals surface area contributed by atoms with Crippen molar-refractivity contribution in [3.63, 3.8) is 0 Å². The zero-order valence-electron chi connectivity index (χ0n) is 17.1. The molecule has 3 heterocycles. The van der Waals surface area contributed by atoms with Gasteiger partial charge >= 0.3 is 0 Å². The van der Waals surface area contributed by atoms with Gasteiger partial charge in [0.1, 0.15) is 17.5 Å². The van der Waals surface area contributed by atoms with Crippen molar-refractivity contribution >= 4 is 27.6 Å². The van der Waals surface area contributed by atoms with E-state index in [0.29, 0.717) is 30.6 Å². The summed E-state index contributed by atoms with van der Waals surface area (Å²) in [6, 6.07) is 11.4. The summed E-state index contributed by atoms with van der Waals surface area (Å²) in [6.07, 6.45) is 5.88. The van der Waals surface area contributed by atoms with Gasteiger partial charge in [-0.05, 0) is 37.1 Å². The number of amidine groups is 1. The Morgan fingerprint density at radius 3 is 2.81 bits per heavy atom. The van der Waals surface area contributed by atoms with Crippen molar-refractivity contribution in [2.75, 3.05) is 24.6 Å². The molecule has 4 rings (SSSR count). The van der Waals surface area contributed by atoms with Crippen LogP contribution < -0.4 is 11.1 Å². The Morgan fingerprint density at radius 1 is 1.28 bits per heavy atom. The second kappa shape index (κ2) is 8.68.